The number of benzene rings is 2. The molecule has 0 spiro atoms. The summed E-state index contributed by atoms with van der Waals surface area (Å²) in [4.78, 5) is 15.2. The highest BCUT2D eigenvalue weighted by Gasteiger charge is 2.20. The monoisotopic (exact) mass is 396 g/mol. The number of carbonyl (C=O) groups is 1. The van der Waals surface area contributed by atoms with E-state index in [0.29, 0.717) is 24.5 Å². The first kappa shape index (κ1) is 21.2. The Labute approximate surface area is 174 Å². The number of likely N-dealkylation sites (tertiary alicyclic amines) is 1. The van der Waals surface area contributed by atoms with Crippen LogP contribution in [0.25, 0.3) is 0 Å². The largest absolute Gasteiger partial charge is 0.493 e. The van der Waals surface area contributed by atoms with E-state index in [1.165, 1.54) is 37.9 Å². The maximum Gasteiger partial charge on any atom is 0.261 e. The number of para-hydroxylation sites is 2. The fraction of sp³-hybridized carbons (Fsp3) is 0.458. The van der Waals surface area contributed by atoms with Crippen LogP contribution >= 0.6 is 0 Å². The third kappa shape index (κ3) is 6.23. The van der Waals surface area contributed by atoms with E-state index in [2.05, 4.69) is 34.5 Å². The highest BCUT2D eigenvalue weighted by molar-refractivity contribution is 5.81. The molecule has 0 aromatic heterocycles. The predicted octanol–water partition coefficient (Wildman–Crippen LogP) is 4.15. The van der Waals surface area contributed by atoms with Crippen molar-refractivity contribution >= 4 is 5.91 Å². The Balaban J connectivity index is 1.55. The Kier molecular flexibility index (Phi) is 7.94. The van der Waals surface area contributed by atoms with Gasteiger partial charge in [-0.15, -0.1) is 0 Å². The summed E-state index contributed by atoms with van der Waals surface area (Å²) in [5, 5.41) is 3.02. The lowest BCUT2D eigenvalue weighted by atomic mass is 10.1. The lowest BCUT2D eigenvalue weighted by Crippen LogP contribution is -2.37. The Hall–Kier alpha value is -2.53. The number of piperidine rings is 1. The third-order valence-electron chi connectivity index (χ3n) is 5.31. The van der Waals surface area contributed by atoms with Crippen LogP contribution in [0.1, 0.15) is 43.7 Å². The van der Waals surface area contributed by atoms with Crippen LogP contribution in [0.5, 0.6) is 11.5 Å². The van der Waals surface area contributed by atoms with Gasteiger partial charge in [0.25, 0.3) is 5.91 Å². The molecule has 1 N–H and O–H groups in total. The number of ether oxygens (including phenoxy) is 2. The van der Waals surface area contributed by atoms with Crippen LogP contribution in [-0.2, 0) is 17.9 Å². The van der Waals surface area contributed by atoms with Gasteiger partial charge in [-0.2, -0.15) is 0 Å². The van der Waals surface area contributed by atoms with Gasteiger partial charge in [-0.1, -0.05) is 49.7 Å². The van der Waals surface area contributed by atoms with E-state index in [0.717, 1.165) is 12.1 Å². The number of amides is 1. The molecule has 1 saturated heterocycles. The molecule has 2 aromatic rings. The van der Waals surface area contributed by atoms with Gasteiger partial charge in [0.2, 0.25) is 0 Å². The van der Waals surface area contributed by atoms with Crippen molar-refractivity contribution < 1.29 is 14.3 Å². The Morgan fingerprint density at radius 3 is 2.48 bits per heavy atom. The number of hydrogen-bond donors (Lipinski definition) is 1. The molecule has 1 aliphatic heterocycles. The molecule has 1 amide bonds. The first-order valence-electron chi connectivity index (χ1n) is 10.6. The van der Waals surface area contributed by atoms with Crippen LogP contribution in [0.4, 0.5) is 0 Å². The lowest BCUT2D eigenvalue weighted by molar-refractivity contribution is -0.128. The first-order chi connectivity index (χ1) is 14.2. The standard InChI is InChI=1S/C24H32N2O3/c1-3-21(29-23-13-6-5-12-22(23)28-2)24(27)25-17-19-10-9-11-20(16-19)18-26-14-7-4-8-15-26/h5-6,9-13,16,21H,3-4,7-8,14-15,17-18H2,1-2H3,(H,25,27)/t21-/m0/s1. The Bertz CT molecular complexity index is 787. The molecule has 1 aliphatic rings. The Morgan fingerprint density at radius 2 is 1.76 bits per heavy atom. The molecule has 5 nitrogen and oxygen atoms in total. The number of carbonyl (C=O) groups excluding carboxylic acids is 1. The molecule has 0 unspecified atom stereocenters. The zero-order chi connectivity index (χ0) is 20.5. The molecule has 0 bridgehead atoms. The molecule has 0 saturated carbocycles. The van der Waals surface area contributed by atoms with Gasteiger partial charge in [0.1, 0.15) is 0 Å². The normalized spacial score (nSPS) is 15.5. The molecule has 29 heavy (non-hydrogen) atoms. The summed E-state index contributed by atoms with van der Waals surface area (Å²) in [6.45, 7) is 5.78. The highest BCUT2D eigenvalue weighted by Crippen LogP contribution is 2.27. The van der Waals surface area contributed by atoms with Crippen molar-refractivity contribution in [3.63, 3.8) is 0 Å². The van der Waals surface area contributed by atoms with Crippen LogP contribution in [0, 0.1) is 0 Å². The number of rotatable bonds is 9. The minimum atomic E-state index is -0.553. The van der Waals surface area contributed by atoms with Gasteiger partial charge in [-0.05, 0) is 55.6 Å². The number of methoxy groups -OCH3 is 1. The van der Waals surface area contributed by atoms with E-state index in [1.807, 2.05) is 31.2 Å². The summed E-state index contributed by atoms with van der Waals surface area (Å²) < 4.78 is 11.2. The predicted molar refractivity (Wildman–Crippen MR) is 115 cm³/mol. The summed E-state index contributed by atoms with van der Waals surface area (Å²) in [7, 11) is 1.60. The topological polar surface area (TPSA) is 50.8 Å². The van der Waals surface area contributed by atoms with Gasteiger partial charge in [-0.3, -0.25) is 9.69 Å². The molecule has 1 fully saturated rings. The van der Waals surface area contributed by atoms with E-state index in [-0.39, 0.29) is 5.91 Å². The number of nitrogens with one attached hydrogen (secondary N) is 1. The minimum absolute atomic E-state index is 0.111. The molecule has 1 atom stereocenters. The van der Waals surface area contributed by atoms with Gasteiger partial charge in [0, 0.05) is 13.1 Å². The first-order valence-corrected chi connectivity index (χ1v) is 10.6. The van der Waals surface area contributed by atoms with Gasteiger partial charge in [0.05, 0.1) is 7.11 Å². The average Bonchev–Trinajstić information content (AvgIpc) is 2.77. The molecule has 0 radical (unpaired) electrons. The summed E-state index contributed by atoms with van der Waals surface area (Å²) in [6.07, 6.45) is 3.96. The molecule has 3 rings (SSSR count). The van der Waals surface area contributed by atoms with Crippen LogP contribution in [0.15, 0.2) is 48.5 Å². The minimum Gasteiger partial charge on any atom is -0.493 e. The van der Waals surface area contributed by atoms with Crippen molar-refractivity contribution in [3.05, 3.63) is 59.7 Å². The highest BCUT2D eigenvalue weighted by atomic mass is 16.5. The van der Waals surface area contributed by atoms with Crippen molar-refractivity contribution in [2.24, 2.45) is 0 Å². The van der Waals surface area contributed by atoms with Crippen LogP contribution in [0.3, 0.4) is 0 Å². The zero-order valence-corrected chi connectivity index (χ0v) is 17.5. The fourth-order valence-corrected chi connectivity index (χ4v) is 3.71. The van der Waals surface area contributed by atoms with Crippen molar-refractivity contribution in [1.82, 2.24) is 10.2 Å². The average molecular weight is 397 g/mol. The van der Waals surface area contributed by atoms with Crippen molar-refractivity contribution in [3.8, 4) is 11.5 Å². The zero-order valence-electron chi connectivity index (χ0n) is 17.5. The molecule has 0 aliphatic carbocycles. The van der Waals surface area contributed by atoms with E-state index in [9.17, 15) is 4.79 Å². The van der Waals surface area contributed by atoms with Gasteiger partial charge in [-0.25, -0.2) is 0 Å². The summed E-state index contributed by atoms with van der Waals surface area (Å²) in [5.74, 6) is 1.10. The van der Waals surface area contributed by atoms with E-state index in [4.69, 9.17) is 9.47 Å². The number of hydrogen-bond acceptors (Lipinski definition) is 4. The summed E-state index contributed by atoms with van der Waals surface area (Å²) in [6, 6.07) is 15.9. The van der Waals surface area contributed by atoms with Crippen molar-refractivity contribution in [1.29, 1.82) is 0 Å². The SMILES string of the molecule is CC[C@H](Oc1ccccc1OC)C(=O)NCc1cccc(CN2CCCCC2)c1. The van der Waals surface area contributed by atoms with E-state index in [1.54, 1.807) is 7.11 Å². The molecule has 156 valence electrons. The second kappa shape index (κ2) is 10.9. The maximum atomic E-state index is 12.7. The van der Waals surface area contributed by atoms with Crippen LogP contribution in [0.2, 0.25) is 0 Å². The van der Waals surface area contributed by atoms with Crippen molar-refractivity contribution in [2.75, 3.05) is 20.2 Å². The summed E-state index contributed by atoms with van der Waals surface area (Å²) >= 11 is 0. The lowest BCUT2D eigenvalue weighted by Gasteiger charge is -2.26. The van der Waals surface area contributed by atoms with Gasteiger partial charge < -0.3 is 14.8 Å². The Morgan fingerprint density at radius 1 is 1.03 bits per heavy atom. The molecule has 5 heteroatoms. The van der Waals surface area contributed by atoms with E-state index >= 15 is 0 Å². The second-order valence-corrected chi connectivity index (χ2v) is 7.54. The van der Waals surface area contributed by atoms with Crippen molar-refractivity contribution in [2.45, 2.75) is 51.8 Å². The van der Waals surface area contributed by atoms with Crippen LogP contribution in [-0.4, -0.2) is 37.1 Å². The number of nitrogens with zero attached hydrogens (tertiary/aromatic N) is 1. The molecule has 2 aromatic carbocycles. The smallest absolute Gasteiger partial charge is 0.261 e. The molecule has 1 heterocycles. The van der Waals surface area contributed by atoms with Gasteiger partial charge in [0.15, 0.2) is 17.6 Å². The molecular formula is C24H32N2O3. The third-order valence-corrected chi connectivity index (χ3v) is 5.31. The summed E-state index contributed by atoms with van der Waals surface area (Å²) in [5.41, 5.74) is 2.41. The second-order valence-electron chi connectivity index (χ2n) is 7.54. The quantitative estimate of drug-likeness (QED) is 0.692. The van der Waals surface area contributed by atoms with Crippen LogP contribution < -0.4 is 14.8 Å². The maximum absolute atomic E-state index is 12.7. The van der Waals surface area contributed by atoms with Gasteiger partial charge >= 0.3 is 0 Å². The molecular weight excluding hydrogens is 364 g/mol. The fourth-order valence-electron chi connectivity index (χ4n) is 3.71. The van der Waals surface area contributed by atoms with E-state index < -0.39 is 6.10 Å².